The van der Waals surface area contributed by atoms with Crippen molar-refractivity contribution >= 4 is 31.6 Å². The molecule has 0 aliphatic heterocycles. The number of aryl methyl sites for hydroxylation is 1. The normalized spacial score (nSPS) is 11.2. The zero-order chi connectivity index (χ0) is 18.7. The summed E-state index contributed by atoms with van der Waals surface area (Å²) < 4.78 is 34.0. The van der Waals surface area contributed by atoms with Crippen molar-refractivity contribution in [2.75, 3.05) is 11.8 Å². The highest BCUT2D eigenvalue weighted by molar-refractivity contribution is 9.10. The standard InChI is InChI=1S/C19H17BrN2O3S/c1-13-3-5-14(6-4-13)15-9-17(12-21-11-15)22-26(23,24)19-10-16(20)7-8-18(19)25-2/h3-12,22H,1-2H3. The summed E-state index contributed by atoms with van der Waals surface area (Å²) in [4.78, 5) is 4.20. The van der Waals surface area contributed by atoms with Crippen LogP contribution >= 0.6 is 15.9 Å². The molecule has 0 amide bonds. The van der Waals surface area contributed by atoms with Gasteiger partial charge in [0.2, 0.25) is 0 Å². The molecule has 0 spiro atoms. The largest absolute Gasteiger partial charge is 0.495 e. The van der Waals surface area contributed by atoms with Gasteiger partial charge in [-0.2, -0.15) is 0 Å². The number of ether oxygens (including phenoxy) is 1. The van der Waals surface area contributed by atoms with Crippen molar-refractivity contribution in [3.05, 3.63) is 71.0 Å². The van der Waals surface area contributed by atoms with Crippen LogP contribution in [0.15, 0.2) is 70.3 Å². The van der Waals surface area contributed by atoms with Gasteiger partial charge in [-0.1, -0.05) is 45.8 Å². The molecule has 3 aromatic rings. The lowest BCUT2D eigenvalue weighted by Gasteiger charge is -2.12. The first kappa shape index (κ1) is 18.4. The highest BCUT2D eigenvalue weighted by Gasteiger charge is 2.20. The number of sulfonamides is 1. The smallest absolute Gasteiger partial charge is 0.265 e. The van der Waals surface area contributed by atoms with Gasteiger partial charge in [-0.25, -0.2) is 8.42 Å². The van der Waals surface area contributed by atoms with E-state index in [-0.39, 0.29) is 10.6 Å². The number of nitrogens with zero attached hydrogens (tertiary/aromatic N) is 1. The van der Waals surface area contributed by atoms with Crippen molar-refractivity contribution in [1.82, 2.24) is 4.98 Å². The predicted octanol–water partition coefficient (Wildman–Crippen LogP) is 4.63. The first-order valence-corrected chi connectivity index (χ1v) is 10.0. The Morgan fingerprint density at radius 1 is 1.00 bits per heavy atom. The van der Waals surface area contributed by atoms with Gasteiger partial charge in [0, 0.05) is 16.2 Å². The van der Waals surface area contributed by atoms with E-state index in [9.17, 15) is 8.42 Å². The highest BCUT2D eigenvalue weighted by Crippen LogP contribution is 2.29. The molecule has 0 radical (unpaired) electrons. The molecule has 3 rings (SSSR count). The van der Waals surface area contributed by atoms with Crippen molar-refractivity contribution in [3.63, 3.8) is 0 Å². The van der Waals surface area contributed by atoms with Crippen LogP contribution in [0.25, 0.3) is 11.1 Å². The summed E-state index contributed by atoms with van der Waals surface area (Å²) in [6.45, 7) is 2.01. The Morgan fingerprint density at radius 2 is 1.73 bits per heavy atom. The van der Waals surface area contributed by atoms with Crippen molar-refractivity contribution in [2.45, 2.75) is 11.8 Å². The van der Waals surface area contributed by atoms with E-state index in [2.05, 4.69) is 25.6 Å². The molecule has 0 unspecified atom stereocenters. The van der Waals surface area contributed by atoms with Crippen molar-refractivity contribution in [3.8, 4) is 16.9 Å². The van der Waals surface area contributed by atoms with E-state index < -0.39 is 10.0 Å². The number of rotatable bonds is 5. The van der Waals surface area contributed by atoms with E-state index in [1.165, 1.54) is 19.4 Å². The third-order valence-electron chi connectivity index (χ3n) is 3.79. The maximum absolute atomic E-state index is 12.8. The molecule has 1 heterocycles. The van der Waals surface area contributed by atoms with E-state index in [4.69, 9.17) is 4.74 Å². The van der Waals surface area contributed by atoms with Crippen LogP contribution in [-0.2, 0) is 10.0 Å². The van der Waals surface area contributed by atoms with Crippen LogP contribution < -0.4 is 9.46 Å². The molecule has 0 fully saturated rings. The van der Waals surface area contributed by atoms with Crippen molar-refractivity contribution in [1.29, 1.82) is 0 Å². The summed E-state index contributed by atoms with van der Waals surface area (Å²) in [7, 11) is -2.40. The Bertz CT molecular complexity index is 1030. The van der Waals surface area contributed by atoms with Gasteiger partial charge in [0.15, 0.2) is 0 Å². The molecule has 5 nitrogen and oxygen atoms in total. The summed E-state index contributed by atoms with van der Waals surface area (Å²) in [5, 5.41) is 0. The Balaban J connectivity index is 1.95. The minimum absolute atomic E-state index is 0.0510. The average molecular weight is 433 g/mol. The van der Waals surface area contributed by atoms with E-state index >= 15 is 0 Å². The second kappa shape index (κ2) is 7.47. The predicted molar refractivity (Wildman–Crippen MR) is 106 cm³/mol. The Kier molecular flexibility index (Phi) is 5.29. The van der Waals surface area contributed by atoms with E-state index in [0.717, 1.165) is 16.7 Å². The molecule has 0 saturated carbocycles. The molecule has 26 heavy (non-hydrogen) atoms. The summed E-state index contributed by atoms with van der Waals surface area (Å²) >= 11 is 3.29. The van der Waals surface area contributed by atoms with Crippen LogP contribution in [0.4, 0.5) is 5.69 Å². The number of benzene rings is 2. The SMILES string of the molecule is COc1ccc(Br)cc1S(=O)(=O)Nc1cncc(-c2ccc(C)cc2)c1. The lowest BCUT2D eigenvalue weighted by Crippen LogP contribution is -2.14. The number of hydrogen-bond donors (Lipinski definition) is 1. The molecule has 0 atom stereocenters. The van der Waals surface area contributed by atoms with Gasteiger partial charge in [-0.15, -0.1) is 0 Å². The van der Waals surface area contributed by atoms with E-state index in [1.807, 2.05) is 31.2 Å². The third-order valence-corrected chi connectivity index (χ3v) is 5.69. The number of hydrogen-bond acceptors (Lipinski definition) is 4. The lowest BCUT2D eigenvalue weighted by atomic mass is 10.1. The summed E-state index contributed by atoms with van der Waals surface area (Å²) in [6, 6.07) is 14.5. The topological polar surface area (TPSA) is 68.3 Å². The number of aromatic nitrogens is 1. The van der Waals surface area contributed by atoms with Gasteiger partial charge in [0.05, 0.1) is 19.0 Å². The minimum atomic E-state index is -3.83. The van der Waals surface area contributed by atoms with Gasteiger partial charge in [0.25, 0.3) is 10.0 Å². The van der Waals surface area contributed by atoms with Gasteiger partial charge >= 0.3 is 0 Å². The zero-order valence-corrected chi connectivity index (χ0v) is 16.6. The van der Waals surface area contributed by atoms with Gasteiger partial charge in [0.1, 0.15) is 10.6 Å². The first-order chi connectivity index (χ1) is 12.4. The number of anilines is 1. The second-order valence-electron chi connectivity index (χ2n) is 5.73. The zero-order valence-electron chi connectivity index (χ0n) is 14.2. The van der Waals surface area contributed by atoms with Gasteiger partial charge < -0.3 is 4.74 Å². The van der Waals surface area contributed by atoms with Crippen LogP contribution in [0.1, 0.15) is 5.56 Å². The van der Waals surface area contributed by atoms with Crippen LogP contribution in [0.5, 0.6) is 5.75 Å². The molecule has 0 aliphatic carbocycles. The lowest BCUT2D eigenvalue weighted by molar-refractivity contribution is 0.403. The van der Waals surface area contributed by atoms with Gasteiger partial charge in [-0.05, 0) is 36.8 Å². The number of halogens is 1. The van der Waals surface area contributed by atoms with Crippen LogP contribution in [0, 0.1) is 6.92 Å². The average Bonchev–Trinajstić information content (AvgIpc) is 2.62. The Hall–Kier alpha value is -2.38. The fraction of sp³-hybridized carbons (Fsp3) is 0.105. The fourth-order valence-electron chi connectivity index (χ4n) is 2.47. The van der Waals surface area contributed by atoms with E-state index in [0.29, 0.717) is 10.2 Å². The summed E-state index contributed by atoms with van der Waals surface area (Å²) in [6.07, 6.45) is 3.17. The molecular weight excluding hydrogens is 416 g/mol. The minimum Gasteiger partial charge on any atom is -0.495 e. The van der Waals surface area contributed by atoms with Crippen LogP contribution in [0.3, 0.4) is 0 Å². The monoisotopic (exact) mass is 432 g/mol. The van der Waals surface area contributed by atoms with E-state index in [1.54, 1.807) is 24.4 Å². The number of methoxy groups -OCH3 is 1. The molecular formula is C19H17BrN2O3S. The maximum atomic E-state index is 12.8. The molecule has 134 valence electrons. The number of pyridine rings is 1. The summed E-state index contributed by atoms with van der Waals surface area (Å²) in [5.74, 6) is 0.267. The molecule has 0 bridgehead atoms. The number of nitrogens with one attached hydrogen (secondary N) is 1. The fourth-order valence-corrected chi connectivity index (χ4v) is 4.21. The third kappa shape index (κ3) is 4.05. The van der Waals surface area contributed by atoms with Crippen molar-refractivity contribution in [2.24, 2.45) is 0 Å². The molecule has 1 N–H and O–H groups in total. The Morgan fingerprint density at radius 3 is 2.42 bits per heavy atom. The Labute approximate surface area is 161 Å². The molecule has 0 aliphatic rings. The molecule has 7 heteroatoms. The molecule has 2 aromatic carbocycles. The highest BCUT2D eigenvalue weighted by atomic mass is 79.9. The first-order valence-electron chi connectivity index (χ1n) is 7.77. The van der Waals surface area contributed by atoms with Gasteiger partial charge in [-0.3, -0.25) is 9.71 Å². The molecule has 1 aromatic heterocycles. The summed E-state index contributed by atoms with van der Waals surface area (Å²) in [5.41, 5.74) is 3.32. The van der Waals surface area contributed by atoms with Crippen LogP contribution in [0.2, 0.25) is 0 Å². The van der Waals surface area contributed by atoms with Crippen LogP contribution in [-0.4, -0.2) is 20.5 Å². The van der Waals surface area contributed by atoms with Crippen molar-refractivity contribution < 1.29 is 13.2 Å². The second-order valence-corrected chi connectivity index (χ2v) is 8.30. The molecule has 0 saturated heterocycles. The maximum Gasteiger partial charge on any atom is 0.265 e. The quantitative estimate of drug-likeness (QED) is 0.637.